The molecule has 0 bridgehead atoms. The average Bonchev–Trinajstić information content (AvgIpc) is 2.85. The molecule has 0 aliphatic heterocycles. The Kier molecular flexibility index (Phi) is 7.18. The van der Waals surface area contributed by atoms with E-state index in [2.05, 4.69) is 10.3 Å². The molecule has 1 unspecified atom stereocenters. The fourth-order valence-electron chi connectivity index (χ4n) is 4.00. The normalized spacial score (nSPS) is 13.9. The molecular formula is C26H25N3O5S. The van der Waals surface area contributed by atoms with Crippen molar-refractivity contribution in [3.8, 4) is 0 Å². The molecule has 0 amide bonds. The molecule has 0 saturated heterocycles. The second-order valence-electron chi connectivity index (χ2n) is 8.42. The third-order valence-corrected chi connectivity index (χ3v) is 7.50. The molecule has 3 atom stereocenters. The van der Waals surface area contributed by atoms with Crippen LogP contribution in [0.5, 0.6) is 0 Å². The van der Waals surface area contributed by atoms with E-state index in [4.69, 9.17) is 0 Å². The lowest BCUT2D eigenvalue weighted by atomic mass is 9.93. The van der Waals surface area contributed by atoms with Crippen LogP contribution < -0.4 is 5.56 Å². The number of aromatic nitrogens is 3. The Hall–Kier alpha value is -3.69. The van der Waals surface area contributed by atoms with Gasteiger partial charge < -0.3 is 10.2 Å². The number of carboxylic acids is 1. The molecule has 35 heavy (non-hydrogen) atoms. The molecule has 0 aliphatic carbocycles. The molecule has 0 radical (unpaired) electrons. The van der Waals surface area contributed by atoms with Crippen molar-refractivity contribution in [3.05, 3.63) is 93.8 Å². The molecular weight excluding hydrogens is 466 g/mol. The summed E-state index contributed by atoms with van der Waals surface area (Å²) in [5.41, 5.74) is 2.48. The lowest BCUT2D eigenvalue weighted by Crippen LogP contribution is -2.29. The van der Waals surface area contributed by atoms with E-state index < -0.39 is 28.8 Å². The van der Waals surface area contributed by atoms with Gasteiger partial charge in [0.2, 0.25) is 0 Å². The van der Waals surface area contributed by atoms with E-state index in [-0.39, 0.29) is 18.5 Å². The van der Waals surface area contributed by atoms with E-state index in [1.807, 2.05) is 32.0 Å². The third-order valence-electron chi connectivity index (χ3n) is 5.95. The highest BCUT2D eigenvalue weighted by Crippen LogP contribution is 2.28. The number of carboxylic acid groups (broad SMARTS) is 1. The molecule has 0 spiro atoms. The molecule has 0 fully saturated rings. The number of nitrogens with zero attached hydrogens (tertiary/aromatic N) is 3. The van der Waals surface area contributed by atoms with E-state index in [9.17, 15) is 24.0 Å². The summed E-state index contributed by atoms with van der Waals surface area (Å²) in [6.45, 7) is 3.86. The minimum absolute atomic E-state index is 0.0144. The fourth-order valence-corrected chi connectivity index (χ4v) is 5.18. The first-order chi connectivity index (χ1) is 16.8. The minimum atomic E-state index is -1.40. The van der Waals surface area contributed by atoms with Gasteiger partial charge in [0.15, 0.2) is 0 Å². The summed E-state index contributed by atoms with van der Waals surface area (Å²) in [4.78, 5) is 25.8. The standard InChI is InChI=1S/C26H25N3O5S/c1-16-7-12-23(17(2)15-16)35(34)19-10-8-18(9-11-19)24(30)21(26(32)33)13-14-29-25(31)20-5-3-4-6-22(20)27-28-29/h3-12,15,21,24,30H,13-14H2,1-2H3,(H,32,33)/t21-,24+,35?/m0/s1. The van der Waals surface area contributed by atoms with Gasteiger partial charge in [-0.1, -0.05) is 47.2 Å². The number of fused-ring (bicyclic) bond motifs is 1. The summed E-state index contributed by atoms with van der Waals surface area (Å²) in [5.74, 6) is -2.37. The van der Waals surface area contributed by atoms with Gasteiger partial charge in [-0.25, -0.2) is 8.89 Å². The summed E-state index contributed by atoms with van der Waals surface area (Å²) in [7, 11) is -1.40. The number of benzene rings is 3. The van der Waals surface area contributed by atoms with Gasteiger partial charge in [-0.05, 0) is 61.7 Å². The average molecular weight is 492 g/mol. The second-order valence-corrected chi connectivity index (χ2v) is 9.87. The van der Waals surface area contributed by atoms with Crippen LogP contribution in [0.2, 0.25) is 0 Å². The van der Waals surface area contributed by atoms with Crippen molar-refractivity contribution in [2.24, 2.45) is 5.92 Å². The Morgan fingerprint density at radius 3 is 2.46 bits per heavy atom. The number of carbonyl (C=O) groups is 1. The highest BCUT2D eigenvalue weighted by Gasteiger charge is 2.28. The van der Waals surface area contributed by atoms with Crippen LogP contribution in [0.1, 0.15) is 29.2 Å². The number of hydrogen-bond acceptors (Lipinski definition) is 6. The highest BCUT2D eigenvalue weighted by molar-refractivity contribution is 7.85. The van der Waals surface area contributed by atoms with E-state index in [0.717, 1.165) is 15.8 Å². The van der Waals surface area contributed by atoms with Crippen molar-refractivity contribution in [1.82, 2.24) is 15.0 Å². The second kappa shape index (κ2) is 10.3. The van der Waals surface area contributed by atoms with Crippen LogP contribution in [0.25, 0.3) is 10.9 Å². The number of hydrogen-bond donors (Lipinski definition) is 2. The summed E-state index contributed by atoms with van der Waals surface area (Å²) in [5, 5.41) is 28.8. The maximum absolute atomic E-state index is 13.0. The Bertz CT molecular complexity index is 1470. The monoisotopic (exact) mass is 491 g/mol. The van der Waals surface area contributed by atoms with Gasteiger partial charge >= 0.3 is 5.97 Å². The van der Waals surface area contributed by atoms with Crippen molar-refractivity contribution in [1.29, 1.82) is 0 Å². The maximum atomic E-state index is 13.0. The minimum Gasteiger partial charge on any atom is -0.481 e. The molecule has 2 N–H and O–H groups in total. The van der Waals surface area contributed by atoms with Crippen molar-refractivity contribution in [3.63, 3.8) is 0 Å². The first-order valence-electron chi connectivity index (χ1n) is 11.1. The number of rotatable bonds is 8. The molecule has 1 aromatic heterocycles. The van der Waals surface area contributed by atoms with E-state index >= 15 is 0 Å². The molecule has 0 aliphatic rings. The summed E-state index contributed by atoms with van der Waals surface area (Å²) in [6, 6.07) is 18.9. The Morgan fingerprint density at radius 2 is 1.77 bits per heavy atom. The predicted octanol–water partition coefficient (Wildman–Crippen LogP) is 3.40. The lowest BCUT2D eigenvalue weighted by Gasteiger charge is -2.20. The highest BCUT2D eigenvalue weighted by atomic mass is 32.2. The molecule has 0 saturated carbocycles. The van der Waals surface area contributed by atoms with Crippen LogP contribution in [-0.4, -0.2) is 35.4 Å². The van der Waals surface area contributed by atoms with Gasteiger partial charge in [0.05, 0.1) is 28.2 Å². The van der Waals surface area contributed by atoms with Gasteiger partial charge in [0.25, 0.3) is 5.56 Å². The number of aliphatic carboxylic acids is 1. The zero-order chi connectivity index (χ0) is 25.1. The molecule has 3 aromatic carbocycles. The van der Waals surface area contributed by atoms with Crippen molar-refractivity contribution in [2.45, 2.75) is 42.7 Å². The molecule has 9 heteroatoms. The van der Waals surface area contributed by atoms with Crippen LogP contribution >= 0.6 is 0 Å². The predicted molar refractivity (Wildman–Crippen MR) is 132 cm³/mol. The van der Waals surface area contributed by atoms with E-state index in [1.54, 1.807) is 48.5 Å². The first-order valence-corrected chi connectivity index (χ1v) is 12.2. The molecule has 4 rings (SSSR count). The largest absolute Gasteiger partial charge is 0.481 e. The lowest BCUT2D eigenvalue weighted by molar-refractivity contribution is -0.146. The quantitative estimate of drug-likeness (QED) is 0.387. The summed E-state index contributed by atoms with van der Waals surface area (Å²) < 4.78 is 14.1. The maximum Gasteiger partial charge on any atom is 0.309 e. The molecule has 180 valence electrons. The van der Waals surface area contributed by atoms with Gasteiger partial charge in [0, 0.05) is 16.3 Å². The Morgan fingerprint density at radius 1 is 1.06 bits per heavy atom. The summed E-state index contributed by atoms with van der Waals surface area (Å²) in [6.07, 6.45) is -1.35. The van der Waals surface area contributed by atoms with Crippen molar-refractivity contribution < 1.29 is 19.2 Å². The van der Waals surface area contributed by atoms with Crippen LogP contribution in [0.3, 0.4) is 0 Å². The van der Waals surface area contributed by atoms with Crippen LogP contribution in [0.15, 0.2) is 81.3 Å². The fraction of sp³-hybridized carbons (Fsp3) is 0.231. The smallest absolute Gasteiger partial charge is 0.309 e. The van der Waals surface area contributed by atoms with Crippen LogP contribution in [0, 0.1) is 19.8 Å². The number of aliphatic hydroxyl groups is 1. The van der Waals surface area contributed by atoms with Crippen molar-refractivity contribution in [2.75, 3.05) is 0 Å². The third kappa shape index (κ3) is 5.21. The van der Waals surface area contributed by atoms with E-state index in [0.29, 0.717) is 26.3 Å². The SMILES string of the molecule is Cc1ccc(S(=O)c2ccc([C@@H](O)[C@H](CCn3nnc4ccccc4c3=O)C(=O)O)cc2)c(C)c1. The summed E-state index contributed by atoms with van der Waals surface area (Å²) >= 11 is 0. The van der Waals surface area contributed by atoms with Gasteiger partial charge in [-0.2, -0.15) is 0 Å². The Balaban J connectivity index is 1.51. The van der Waals surface area contributed by atoms with Gasteiger partial charge in [-0.15, -0.1) is 5.10 Å². The Labute approximate surface area is 204 Å². The van der Waals surface area contributed by atoms with Gasteiger partial charge in [0.1, 0.15) is 5.52 Å². The van der Waals surface area contributed by atoms with Gasteiger partial charge in [-0.3, -0.25) is 9.59 Å². The zero-order valence-electron chi connectivity index (χ0n) is 19.3. The molecule has 4 aromatic rings. The van der Waals surface area contributed by atoms with Crippen molar-refractivity contribution >= 4 is 27.7 Å². The van der Waals surface area contributed by atoms with E-state index in [1.165, 1.54) is 0 Å². The van der Waals surface area contributed by atoms with Crippen LogP contribution in [-0.2, 0) is 22.1 Å². The number of aliphatic hydroxyl groups excluding tert-OH is 1. The zero-order valence-corrected chi connectivity index (χ0v) is 20.1. The first kappa shape index (κ1) is 24.4. The van der Waals surface area contributed by atoms with Crippen LogP contribution in [0.4, 0.5) is 0 Å². The molecule has 1 heterocycles. The molecule has 8 nitrogen and oxygen atoms in total. The number of aryl methyl sites for hydroxylation is 3. The topological polar surface area (TPSA) is 122 Å².